The van der Waals surface area contributed by atoms with Crippen molar-refractivity contribution in [1.29, 1.82) is 0 Å². The Morgan fingerprint density at radius 2 is 1.78 bits per heavy atom. The van der Waals surface area contributed by atoms with Crippen LogP contribution >= 0.6 is 11.8 Å². The van der Waals surface area contributed by atoms with E-state index in [1.807, 2.05) is 24.4 Å². The average Bonchev–Trinajstić information content (AvgIpc) is 3.24. The second-order valence-electron chi connectivity index (χ2n) is 6.34. The molecule has 1 heterocycles. The predicted octanol–water partition coefficient (Wildman–Crippen LogP) is 5.77. The first-order chi connectivity index (χ1) is 13.3. The number of rotatable bonds is 5. The molecule has 4 rings (SSSR count). The summed E-state index contributed by atoms with van der Waals surface area (Å²) in [5.74, 6) is 0. The highest BCUT2D eigenvalue weighted by Gasteiger charge is 2.16. The largest absolute Gasteiger partial charge is 0.265 e. The number of benzene rings is 3. The van der Waals surface area contributed by atoms with Gasteiger partial charge in [0, 0.05) is 24.1 Å². The van der Waals surface area contributed by atoms with Gasteiger partial charge in [-0.3, -0.25) is 10.0 Å². The van der Waals surface area contributed by atoms with Crippen molar-refractivity contribution in [3.8, 4) is 0 Å². The van der Waals surface area contributed by atoms with Gasteiger partial charge in [-0.25, -0.2) is 0 Å². The zero-order valence-electron chi connectivity index (χ0n) is 15.2. The van der Waals surface area contributed by atoms with Gasteiger partial charge in [0.15, 0.2) is 0 Å². The van der Waals surface area contributed by atoms with Crippen LogP contribution in [0.25, 0.3) is 0 Å². The molecule has 0 spiro atoms. The topological polar surface area (TPSA) is 28.0 Å². The molecule has 3 aromatic rings. The maximum absolute atomic E-state index is 4.78. The van der Waals surface area contributed by atoms with Crippen LogP contribution in [0.5, 0.6) is 0 Å². The number of hydrogen-bond acceptors (Lipinski definition) is 4. The van der Waals surface area contributed by atoms with Crippen LogP contribution in [0.4, 0.5) is 11.4 Å². The first-order valence-electron chi connectivity index (χ1n) is 9.00. The molecule has 0 amide bonds. The zero-order valence-corrected chi connectivity index (χ0v) is 16.1. The summed E-state index contributed by atoms with van der Waals surface area (Å²) in [5.41, 5.74) is 5.52. The van der Waals surface area contributed by atoms with Crippen LogP contribution in [0.3, 0.4) is 0 Å². The van der Waals surface area contributed by atoms with Gasteiger partial charge in [0.25, 0.3) is 0 Å². The maximum Gasteiger partial charge on any atom is 0.0700 e. The fraction of sp³-hybridized carbons (Fsp3) is 0.130. The first-order valence-corrected chi connectivity index (χ1v) is 10.2. The fourth-order valence-electron chi connectivity index (χ4n) is 3.05. The van der Waals surface area contributed by atoms with Gasteiger partial charge in [-0.2, -0.15) is 5.10 Å². The summed E-state index contributed by atoms with van der Waals surface area (Å²) < 4.78 is 0. The number of anilines is 1. The molecule has 0 fully saturated rings. The van der Waals surface area contributed by atoms with Gasteiger partial charge in [-0.1, -0.05) is 48.5 Å². The highest BCUT2D eigenvalue weighted by Crippen LogP contribution is 2.23. The molecule has 0 aliphatic carbocycles. The Bertz CT molecular complexity index is 962. The molecule has 0 radical (unpaired) electrons. The van der Waals surface area contributed by atoms with Gasteiger partial charge in [0.05, 0.1) is 17.1 Å². The summed E-state index contributed by atoms with van der Waals surface area (Å²) in [5, 5.41) is 6.86. The molecular weight excluding hydrogens is 350 g/mol. The molecule has 1 aliphatic heterocycles. The summed E-state index contributed by atoms with van der Waals surface area (Å²) in [4.78, 5) is 5.81. The molecule has 1 aliphatic rings. The smallest absolute Gasteiger partial charge is 0.0700 e. The molecule has 0 N–H and O–H groups in total. The third kappa shape index (κ3) is 4.29. The van der Waals surface area contributed by atoms with E-state index in [1.165, 1.54) is 10.5 Å². The number of hydrogen-bond donors (Lipinski definition) is 0. The van der Waals surface area contributed by atoms with Crippen molar-refractivity contribution in [1.82, 2.24) is 0 Å². The minimum absolute atomic E-state index is 0.916. The standard InChI is InChI=1S/C23H21N3S/c1-27-22-9-5-8-20(16-22)24-17-18-10-12-21(13-11-18)26-15-14-23(25-26)19-6-3-2-4-7-19/h2-13,16-17H,14-15H2,1H3. The third-order valence-electron chi connectivity index (χ3n) is 4.52. The minimum atomic E-state index is 0.916. The molecule has 27 heavy (non-hydrogen) atoms. The summed E-state index contributed by atoms with van der Waals surface area (Å²) in [6.45, 7) is 0.916. The van der Waals surface area contributed by atoms with Crippen molar-refractivity contribution in [2.45, 2.75) is 11.3 Å². The predicted molar refractivity (Wildman–Crippen MR) is 117 cm³/mol. The van der Waals surface area contributed by atoms with E-state index in [1.54, 1.807) is 11.8 Å². The molecule has 4 heteroatoms. The van der Waals surface area contributed by atoms with Crippen molar-refractivity contribution in [3.63, 3.8) is 0 Å². The van der Waals surface area contributed by atoms with Crippen molar-refractivity contribution in [2.24, 2.45) is 10.1 Å². The average molecular weight is 372 g/mol. The van der Waals surface area contributed by atoms with Gasteiger partial charge in [-0.05, 0) is 47.7 Å². The minimum Gasteiger partial charge on any atom is -0.265 e. The van der Waals surface area contributed by atoms with Crippen LogP contribution in [0.1, 0.15) is 17.5 Å². The van der Waals surface area contributed by atoms with Gasteiger partial charge in [0.1, 0.15) is 0 Å². The van der Waals surface area contributed by atoms with Gasteiger partial charge in [0.2, 0.25) is 0 Å². The van der Waals surface area contributed by atoms with Gasteiger partial charge in [-0.15, -0.1) is 11.8 Å². The Balaban J connectivity index is 1.46. The Morgan fingerprint density at radius 1 is 0.963 bits per heavy atom. The Hall–Kier alpha value is -2.85. The number of hydrazone groups is 1. The van der Waals surface area contributed by atoms with E-state index in [4.69, 9.17) is 5.10 Å². The van der Waals surface area contributed by atoms with Crippen LogP contribution in [0.2, 0.25) is 0 Å². The van der Waals surface area contributed by atoms with Crippen molar-refractivity contribution in [3.05, 3.63) is 90.0 Å². The maximum atomic E-state index is 4.78. The molecule has 0 bridgehead atoms. The summed E-state index contributed by atoms with van der Waals surface area (Å²) in [6.07, 6.45) is 4.95. The molecule has 0 atom stereocenters. The highest BCUT2D eigenvalue weighted by atomic mass is 32.2. The second kappa shape index (κ2) is 8.23. The van der Waals surface area contributed by atoms with Crippen LogP contribution in [-0.4, -0.2) is 24.7 Å². The van der Waals surface area contributed by atoms with Crippen molar-refractivity contribution in [2.75, 3.05) is 17.8 Å². The monoisotopic (exact) mass is 371 g/mol. The lowest BCUT2D eigenvalue weighted by molar-refractivity contribution is 0.922. The first kappa shape index (κ1) is 17.6. The van der Waals surface area contributed by atoms with Crippen molar-refractivity contribution < 1.29 is 0 Å². The molecule has 0 saturated carbocycles. The fourth-order valence-corrected chi connectivity index (χ4v) is 3.50. The Labute approximate surface area is 164 Å². The van der Waals surface area contributed by atoms with Crippen LogP contribution in [0.15, 0.2) is 93.9 Å². The lowest BCUT2D eigenvalue weighted by Crippen LogP contribution is -2.11. The van der Waals surface area contributed by atoms with E-state index in [0.717, 1.165) is 35.6 Å². The lowest BCUT2D eigenvalue weighted by atomic mass is 10.1. The lowest BCUT2D eigenvalue weighted by Gasteiger charge is -2.13. The van der Waals surface area contributed by atoms with E-state index in [0.29, 0.717) is 0 Å². The molecule has 134 valence electrons. The summed E-state index contributed by atoms with van der Waals surface area (Å²) in [6, 6.07) is 27.0. The molecule has 0 aromatic heterocycles. The quantitative estimate of drug-likeness (QED) is 0.420. The van der Waals surface area contributed by atoms with E-state index < -0.39 is 0 Å². The van der Waals surface area contributed by atoms with E-state index in [9.17, 15) is 0 Å². The third-order valence-corrected chi connectivity index (χ3v) is 5.24. The number of thioether (sulfide) groups is 1. The SMILES string of the molecule is CSc1cccc(N=Cc2ccc(N3CCC(c4ccccc4)=N3)cc2)c1. The van der Waals surface area contributed by atoms with E-state index in [-0.39, 0.29) is 0 Å². The molecule has 3 aromatic carbocycles. The van der Waals surface area contributed by atoms with Crippen LogP contribution in [-0.2, 0) is 0 Å². The molecular formula is C23H21N3S. The molecule has 0 unspecified atom stereocenters. The molecule has 0 saturated heterocycles. The van der Waals surface area contributed by atoms with E-state index >= 15 is 0 Å². The van der Waals surface area contributed by atoms with Gasteiger partial charge >= 0.3 is 0 Å². The van der Waals surface area contributed by atoms with Crippen molar-refractivity contribution >= 4 is 35.1 Å². The van der Waals surface area contributed by atoms with E-state index in [2.05, 4.69) is 76.9 Å². The van der Waals surface area contributed by atoms with Crippen LogP contribution in [0, 0.1) is 0 Å². The summed E-state index contributed by atoms with van der Waals surface area (Å²) >= 11 is 1.73. The Kier molecular flexibility index (Phi) is 5.35. The van der Waals surface area contributed by atoms with Gasteiger partial charge < -0.3 is 0 Å². The highest BCUT2D eigenvalue weighted by molar-refractivity contribution is 7.98. The summed E-state index contributed by atoms with van der Waals surface area (Å²) in [7, 11) is 0. The zero-order chi connectivity index (χ0) is 18.5. The Morgan fingerprint density at radius 3 is 2.56 bits per heavy atom. The normalized spacial score (nSPS) is 14.0. The number of aliphatic imine (C=N–C) groups is 1. The number of nitrogens with zero attached hydrogens (tertiary/aromatic N) is 3. The molecule has 3 nitrogen and oxygen atoms in total. The second-order valence-corrected chi connectivity index (χ2v) is 7.22. The van der Waals surface area contributed by atoms with Crippen LogP contribution < -0.4 is 5.01 Å².